The Morgan fingerprint density at radius 3 is 1.67 bits per heavy atom. The third-order valence-corrected chi connectivity index (χ3v) is 5.69. The van der Waals surface area contributed by atoms with Gasteiger partial charge in [-0.25, -0.2) is 9.97 Å². The van der Waals surface area contributed by atoms with Crippen LogP contribution in [0.15, 0.2) is 0 Å². The molecule has 0 amide bonds. The summed E-state index contributed by atoms with van der Waals surface area (Å²) in [5.74, 6) is 0. The van der Waals surface area contributed by atoms with E-state index in [1.54, 1.807) is 0 Å². The second-order valence-electron chi connectivity index (χ2n) is 5.21. The molecule has 0 spiro atoms. The highest BCUT2D eigenvalue weighted by atomic mass is 32.1. The van der Waals surface area contributed by atoms with Crippen LogP contribution in [0, 0.1) is 20.8 Å². The van der Waals surface area contributed by atoms with Crippen LogP contribution >= 0.6 is 22.7 Å². The highest BCUT2D eigenvalue weighted by Crippen LogP contribution is 2.19. The molecule has 2 heterocycles. The van der Waals surface area contributed by atoms with Crippen LogP contribution in [0.5, 0.6) is 0 Å². The van der Waals surface area contributed by atoms with Gasteiger partial charge in [0.1, 0.15) is 0 Å². The quantitative estimate of drug-likeness (QED) is 0.707. The summed E-state index contributed by atoms with van der Waals surface area (Å²) < 4.78 is 0. The summed E-state index contributed by atoms with van der Waals surface area (Å²) in [6.45, 7) is 12.8. The van der Waals surface area contributed by atoms with Gasteiger partial charge in [-0.3, -0.25) is 0 Å². The molecular formula is C17H28N2S2. The van der Waals surface area contributed by atoms with E-state index in [0.717, 1.165) is 6.42 Å². The lowest BCUT2D eigenvalue weighted by molar-refractivity contribution is 0.923. The maximum absolute atomic E-state index is 4.47. The topological polar surface area (TPSA) is 25.8 Å². The summed E-state index contributed by atoms with van der Waals surface area (Å²) in [4.78, 5) is 11.7. The van der Waals surface area contributed by atoms with Gasteiger partial charge < -0.3 is 0 Å². The first-order valence-electron chi connectivity index (χ1n) is 7.89. The van der Waals surface area contributed by atoms with Crippen molar-refractivity contribution in [3.05, 3.63) is 31.2 Å². The van der Waals surface area contributed by atoms with Crippen molar-refractivity contribution in [3.63, 3.8) is 0 Å². The summed E-state index contributed by atoms with van der Waals surface area (Å²) in [6, 6.07) is 0. The molecule has 2 rings (SSSR count). The Bertz CT molecular complexity index is 541. The maximum atomic E-state index is 4.47. The third-order valence-electron chi connectivity index (χ3n) is 3.19. The van der Waals surface area contributed by atoms with Crippen molar-refractivity contribution in [2.45, 2.75) is 73.6 Å². The van der Waals surface area contributed by atoms with Crippen LogP contribution in [0.1, 0.15) is 64.8 Å². The molecule has 0 aliphatic heterocycles. The molecule has 0 aromatic carbocycles. The van der Waals surface area contributed by atoms with Crippen LogP contribution in [0.25, 0.3) is 0 Å². The van der Waals surface area contributed by atoms with Crippen LogP contribution in [0.2, 0.25) is 0 Å². The molecule has 0 N–H and O–H groups in total. The summed E-state index contributed by atoms with van der Waals surface area (Å²) in [5, 5.41) is 2.48. The Labute approximate surface area is 137 Å². The highest BCUT2D eigenvalue weighted by molar-refractivity contribution is 7.12. The van der Waals surface area contributed by atoms with E-state index in [0.29, 0.717) is 0 Å². The number of nitrogens with zero attached hydrogens (tertiary/aromatic N) is 2. The van der Waals surface area contributed by atoms with Gasteiger partial charge in [-0.15, -0.1) is 22.7 Å². The minimum absolute atomic E-state index is 1.08. The summed E-state index contributed by atoms with van der Waals surface area (Å²) in [5.41, 5.74) is 2.47. The van der Waals surface area contributed by atoms with Crippen molar-refractivity contribution < 1.29 is 0 Å². The van der Waals surface area contributed by atoms with Crippen LogP contribution < -0.4 is 0 Å². The number of hydrogen-bond acceptors (Lipinski definition) is 4. The lowest BCUT2D eigenvalue weighted by Crippen LogP contribution is -1.81. The fourth-order valence-electron chi connectivity index (χ4n) is 2.13. The number of aromatic nitrogens is 2. The molecule has 0 radical (unpaired) electrons. The molecule has 21 heavy (non-hydrogen) atoms. The van der Waals surface area contributed by atoms with Crippen molar-refractivity contribution in [2.75, 3.05) is 0 Å². The van der Waals surface area contributed by atoms with E-state index >= 15 is 0 Å². The zero-order valence-electron chi connectivity index (χ0n) is 14.2. The molecule has 4 heteroatoms. The van der Waals surface area contributed by atoms with Gasteiger partial charge in [0.2, 0.25) is 0 Å². The predicted octanol–water partition coefficient (Wildman–Crippen LogP) is 5.68. The predicted molar refractivity (Wildman–Crippen MR) is 95.8 cm³/mol. The number of thiazole rings is 2. The van der Waals surface area contributed by atoms with Gasteiger partial charge in [0.25, 0.3) is 0 Å². The summed E-state index contributed by atoms with van der Waals surface area (Å²) in [6.07, 6.45) is 5.92. The average molecular weight is 325 g/mol. The van der Waals surface area contributed by atoms with Gasteiger partial charge in [-0.05, 0) is 40.0 Å². The van der Waals surface area contributed by atoms with Crippen LogP contribution in [-0.2, 0) is 19.3 Å². The van der Waals surface area contributed by atoms with Crippen molar-refractivity contribution in [1.82, 2.24) is 9.97 Å². The van der Waals surface area contributed by atoms with E-state index < -0.39 is 0 Å². The van der Waals surface area contributed by atoms with Gasteiger partial charge in [0.15, 0.2) is 0 Å². The van der Waals surface area contributed by atoms with Gasteiger partial charge in [-0.2, -0.15) is 0 Å². The Kier molecular flexibility index (Phi) is 8.12. The summed E-state index contributed by atoms with van der Waals surface area (Å²) >= 11 is 3.70. The van der Waals surface area contributed by atoms with Crippen molar-refractivity contribution >= 4 is 22.7 Å². The van der Waals surface area contributed by atoms with Gasteiger partial charge in [0, 0.05) is 9.75 Å². The molecule has 0 aliphatic rings. The van der Waals surface area contributed by atoms with E-state index in [4.69, 9.17) is 0 Å². The summed E-state index contributed by atoms with van der Waals surface area (Å²) in [7, 11) is 0. The number of hydrogen-bond donors (Lipinski definition) is 0. The zero-order chi connectivity index (χ0) is 15.8. The Balaban J connectivity index is 0.000000211. The second kappa shape index (κ2) is 9.31. The van der Waals surface area contributed by atoms with Crippen LogP contribution in [0.4, 0.5) is 0 Å². The normalized spacial score (nSPS) is 10.4. The maximum Gasteiger partial charge on any atom is 0.0928 e. The molecule has 0 unspecified atom stereocenters. The SMILES string of the molecule is CCCc1sc(C)nc1C.CCCc1sc(CC)nc1C. The molecule has 0 saturated heterocycles. The first-order chi connectivity index (χ1) is 10.0. The van der Waals surface area contributed by atoms with Crippen LogP contribution in [-0.4, -0.2) is 9.97 Å². The molecular weight excluding hydrogens is 296 g/mol. The molecule has 0 atom stereocenters. The molecule has 0 saturated carbocycles. The smallest absolute Gasteiger partial charge is 0.0928 e. The van der Waals surface area contributed by atoms with E-state index in [9.17, 15) is 0 Å². The van der Waals surface area contributed by atoms with Crippen molar-refractivity contribution in [3.8, 4) is 0 Å². The lowest BCUT2D eigenvalue weighted by atomic mass is 10.2. The largest absolute Gasteiger partial charge is 0.247 e. The second-order valence-corrected chi connectivity index (χ2v) is 7.67. The molecule has 0 fully saturated rings. The minimum atomic E-state index is 1.08. The monoisotopic (exact) mass is 324 g/mol. The van der Waals surface area contributed by atoms with E-state index in [1.165, 1.54) is 56.8 Å². The first-order valence-corrected chi connectivity index (χ1v) is 9.53. The molecule has 2 aromatic rings. The van der Waals surface area contributed by atoms with Crippen molar-refractivity contribution in [1.29, 1.82) is 0 Å². The van der Waals surface area contributed by atoms with Crippen LogP contribution in [0.3, 0.4) is 0 Å². The molecule has 0 aliphatic carbocycles. The van der Waals surface area contributed by atoms with E-state index in [-0.39, 0.29) is 0 Å². The van der Waals surface area contributed by atoms with Gasteiger partial charge >= 0.3 is 0 Å². The molecule has 2 nitrogen and oxygen atoms in total. The van der Waals surface area contributed by atoms with E-state index in [2.05, 4.69) is 51.5 Å². The van der Waals surface area contributed by atoms with Crippen molar-refractivity contribution in [2.24, 2.45) is 0 Å². The minimum Gasteiger partial charge on any atom is -0.247 e. The average Bonchev–Trinajstić information content (AvgIpc) is 2.95. The Morgan fingerprint density at radius 2 is 1.29 bits per heavy atom. The van der Waals surface area contributed by atoms with E-state index in [1.807, 2.05) is 22.7 Å². The molecule has 0 bridgehead atoms. The Hall–Kier alpha value is -0.740. The standard InChI is InChI=1S/C9H15NS.C8H13NS/c1-4-6-8-7(3)10-9(5-2)11-8;1-4-5-8-6(2)9-7(3)10-8/h4-6H2,1-3H3;4-5H2,1-3H3. The fourth-order valence-corrected chi connectivity index (χ4v) is 4.28. The number of rotatable bonds is 5. The van der Waals surface area contributed by atoms with Gasteiger partial charge in [-0.1, -0.05) is 33.6 Å². The lowest BCUT2D eigenvalue weighted by Gasteiger charge is -1.90. The zero-order valence-corrected chi connectivity index (χ0v) is 15.9. The van der Waals surface area contributed by atoms with Gasteiger partial charge in [0.05, 0.1) is 21.4 Å². The fraction of sp³-hybridized carbons (Fsp3) is 0.647. The third kappa shape index (κ3) is 5.87. The Morgan fingerprint density at radius 1 is 0.762 bits per heavy atom. The molecule has 2 aromatic heterocycles. The molecule has 118 valence electrons. The number of aryl methyl sites for hydroxylation is 6. The first kappa shape index (κ1) is 18.3. The highest BCUT2D eigenvalue weighted by Gasteiger charge is 2.04.